The maximum absolute atomic E-state index is 8.49. The number of benzene rings is 4. The average Bonchev–Trinajstić information content (AvgIpc) is 3.05. The Bertz CT molecular complexity index is 1860. The smallest absolute Gasteiger partial charge is 0.203 e. The average molecular weight is 622 g/mol. The summed E-state index contributed by atoms with van der Waals surface area (Å²) in [5.41, 5.74) is 6.28. The van der Waals surface area contributed by atoms with Gasteiger partial charge in [0.05, 0.1) is 6.07 Å². The van der Waals surface area contributed by atoms with Gasteiger partial charge in [-0.2, -0.15) is 0 Å². The molecule has 0 atom stereocenters. The quantitative estimate of drug-likeness (QED) is 0.211. The van der Waals surface area contributed by atoms with Crippen LogP contribution in [0.15, 0.2) is 137 Å². The summed E-state index contributed by atoms with van der Waals surface area (Å²) >= 11 is 0. The minimum absolute atomic E-state index is 0.833. The Morgan fingerprint density at radius 2 is 1.27 bits per heavy atom. The lowest BCUT2D eigenvalue weighted by atomic mass is 9.98. The molecule has 3 aromatic carbocycles. The van der Waals surface area contributed by atoms with Crippen LogP contribution >= 0.6 is 0 Å². The first kappa shape index (κ1) is 31.7. The molecule has 0 fully saturated rings. The molecule has 45 heavy (non-hydrogen) atoms. The van der Waals surface area contributed by atoms with Gasteiger partial charge < -0.3 is 9.15 Å². The molecule has 0 unspecified atom stereocenters. The lowest BCUT2D eigenvalue weighted by Crippen LogP contribution is -2.68. The molecule has 228 valence electrons. The monoisotopic (exact) mass is 621 g/mol. The summed E-state index contributed by atoms with van der Waals surface area (Å²) in [5.74, 6) is 2.55. The minimum Gasteiger partial charge on any atom is -0.456 e. The van der Waals surface area contributed by atoms with E-state index >= 15 is 0 Å². The highest BCUT2D eigenvalue weighted by Crippen LogP contribution is 2.34. The van der Waals surface area contributed by atoms with Crippen molar-refractivity contribution in [3.05, 3.63) is 155 Å². The molecule has 2 aliphatic heterocycles. The molecule has 7 nitrogen and oxygen atoms in total. The Hall–Kier alpha value is -4.76. The molecule has 0 saturated heterocycles. The van der Waals surface area contributed by atoms with Crippen molar-refractivity contribution in [2.75, 3.05) is 13.1 Å². The fourth-order valence-electron chi connectivity index (χ4n) is 5.19. The summed E-state index contributed by atoms with van der Waals surface area (Å²) in [6.07, 6.45) is 10.6. The summed E-state index contributed by atoms with van der Waals surface area (Å²) in [6.45, 7) is 6.27. The molecule has 3 aromatic rings. The number of fused-ring (bicyclic) bond motifs is 2. The van der Waals surface area contributed by atoms with Crippen molar-refractivity contribution in [3.63, 3.8) is 0 Å². The van der Waals surface area contributed by atoms with Crippen molar-refractivity contribution in [2.24, 2.45) is 0 Å². The molecule has 2 heterocycles. The van der Waals surface area contributed by atoms with Gasteiger partial charge in [-0.15, -0.1) is 10.2 Å². The maximum Gasteiger partial charge on any atom is 0.203 e. The molecule has 0 saturated carbocycles. The van der Waals surface area contributed by atoms with E-state index in [1.807, 2.05) is 48.5 Å². The van der Waals surface area contributed by atoms with Gasteiger partial charge in [-0.05, 0) is 49.3 Å². The van der Waals surface area contributed by atoms with Crippen molar-refractivity contribution < 1.29 is 38.0 Å². The Kier molecular flexibility index (Phi) is 10.1. The molecule has 0 spiro atoms. The van der Waals surface area contributed by atoms with E-state index in [0.717, 1.165) is 69.2 Å². The van der Waals surface area contributed by atoms with E-state index in [4.69, 9.17) is 27.8 Å². The molecule has 8 heteroatoms. The number of allylic oxidation sites excluding steroid dienone is 5. The molecule has 0 N–H and O–H groups in total. The SMILES string of the molecule is CC[N+](CC)=c1ccc2c(/C=C/C=C3C=C(c4ccccc4)OC(c4ccccc4)=C3)c3ccccc3oc-2c1.[O-][Cl+3]([O-])([O-])[O-]. The van der Waals surface area contributed by atoms with Crippen LogP contribution in [-0.2, 0) is 4.74 Å². The molecule has 0 radical (unpaired) electrons. The Balaban J connectivity index is 0.000000743. The van der Waals surface area contributed by atoms with E-state index in [-0.39, 0.29) is 0 Å². The first-order chi connectivity index (χ1) is 21.7. The third-order valence-corrected chi connectivity index (χ3v) is 7.26. The molecule has 0 bridgehead atoms. The van der Waals surface area contributed by atoms with Crippen LogP contribution < -0.4 is 28.6 Å². The highest BCUT2D eigenvalue weighted by Gasteiger charge is 2.16. The molecular formula is C37H32ClNO6. The highest BCUT2D eigenvalue weighted by atomic mass is 35.7. The predicted octanol–water partition coefficient (Wildman–Crippen LogP) is 3.65. The lowest BCUT2D eigenvalue weighted by Gasteiger charge is -2.19. The van der Waals surface area contributed by atoms with Gasteiger partial charge in [0.2, 0.25) is 5.36 Å². The summed E-state index contributed by atoms with van der Waals surface area (Å²) in [6, 6.07) is 35.3. The van der Waals surface area contributed by atoms with E-state index in [2.05, 4.69) is 103 Å². The summed E-state index contributed by atoms with van der Waals surface area (Å²) < 4.78 is 49.0. The van der Waals surface area contributed by atoms with Gasteiger partial charge in [0, 0.05) is 28.1 Å². The van der Waals surface area contributed by atoms with Crippen LogP contribution in [-0.4, -0.2) is 13.1 Å². The van der Waals surface area contributed by atoms with E-state index in [1.165, 1.54) is 5.36 Å². The largest absolute Gasteiger partial charge is 0.456 e. The van der Waals surface area contributed by atoms with Crippen LogP contribution in [0.3, 0.4) is 0 Å². The lowest BCUT2D eigenvalue weighted by molar-refractivity contribution is -2.00. The third-order valence-electron chi connectivity index (χ3n) is 7.26. The molecule has 3 aliphatic rings. The minimum atomic E-state index is -4.94. The van der Waals surface area contributed by atoms with Crippen LogP contribution in [0.5, 0.6) is 0 Å². The standard InChI is InChI=1S/C37H32NO2.ClHO4/c1-3-38(4-2)30-22-23-33-31(32-19-11-12-21-34(32)39-37(33)26-30)20-13-14-27-24-35(28-15-7-5-8-16-28)40-36(25-27)29-17-9-6-10-18-29;2-1(3,4)5/h5-26H,3-4H2,1-2H3;(H,2,3,4,5)/q+1;/p-1/b20-13+;. The van der Waals surface area contributed by atoms with Gasteiger partial charge in [-0.3, -0.25) is 0 Å². The first-order valence-electron chi connectivity index (χ1n) is 14.5. The fraction of sp³-hybridized carbons (Fsp3) is 0.108. The maximum atomic E-state index is 8.49. The van der Waals surface area contributed by atoms with Gasteiger partial charge in [0.25, 0.3) is 0 Å². The van der Waals surface area contributed by atoms with Crippen molar-refractivity contribution in [3.8, 4) is 11.3 Å². The first-order valence-corrected chi connectivity index (χ1v) is 15.7. The van der Waals surface area contributed by atoms with Crippen LogP contribution in [0.1, 0.15) is 30.5 Å². The second-order valence-corrected chi connectivity index (χ2v) is 10.9. The Morgan fingerprint density at radius 1 is 0.711 bits per heavy atom. The number of rotatable bonds is 6. The topological polar surface area (TPSA) is 118 Å². The van der Waals surface area contributed by atoms with Crippen molar-refractivity contribution in [1.29, 1.82) is 0 Å². The van der Waals surface area contributed by atoms with Crippen LogP contribution in [0.4, 0.5) is 0 Å². The van der Waals surface area contributed by atoms with Gasteiger partial charge in [0.1, 0.15) is 36.0 Å². The summed E-state index contributed by atoms with van der Waals surface area (Å²) in [7, 11) is -4.94. The van der Waals surface area contributed by atoms with Gasteiger partial charge >= 0.3 is 0 Å². The van der Waals surface area contributed by atoms with Crippen molar-refractivity contribution in [2.45, 2.75) is 13.8 Å². The van der Waals surface area contributed by atoms with Gasteiger partial charge in [0.15, 0.2) is 0 Å². The van der Waals surface area contributed by atoms with E-state index in [1.54, 1.807) is 0 Å². The zero-order valence-corrected chi connectivity index (χ0v) is 25.6. The van der Waals surface area contributed by atoms with E-state index in [0.29, 0.717) is 0 Å². The van der Waals surface area contributed by atoms with Crippen LogP contribution in [0.25, 0.3) is 39.9 Å². The zero-order valence-electron chi connectivity index (χ0n) is 24.9. The molecule has 0 aromatic heterocycles. The molecule has 0 amide bonds. The number of nitrogens with zero attached hydrogens (tertiary/aromatic N) is 1. The van der Waals surface area contributed by atoms with Crippen molar-refractivity contribution in [1.82, 2.24) is 4.58 Å². The zero-order chi connectivity index (χ0) is 31.8. The second kappa shape index (κ2) is 14.3. The second-order valence-electron chi connectivity index (χ2n) is 10.1. The number of halogens is 1. The van der Waals surface area contributed by atoms with Crippen LogP contribution in [0, 0.1) is 10.2 Å². The van der Waals surface area contributed by atoms with Crippen molar-refractivity contribution >= 4 is 28.6 Å². The predicted molar refractivity (Wildman–Crippen MR) is 166 cm³/mol. The Labute approximate surface area is 264 Å². The number of hydrogen-bond donors (Lipinski definition) is 0. The molecular weight excluding hydrogens is 590 g/mol. The Morgan fingerprint density at radius 3 is 1.84 bits per heavy atom. The van der Waals surface area contributed by atoms with Gasteiger partial charge in [-0.25, -0.2) is 23.2 Å². The molecule has 6 rings (SSSR count). The number of hydrogen-bond acceptors (Lipinski definition) is 6. The van der Waals surface area contributed by atoms with E-state index < -0.39 is 10.2 Å². The third kappa shape index (κ3) is 8.25. The summed E-state index contributed by atoms with van der Waals surface area (Å²) in [5, 5.41) is 2.26. The highest BCUT2D eigenvalue weighted by molar-refractivity contribution is 5.94. The fourth-order valence-corrected chi connectivity index (χ4v) is 5.19. The normalized spacial score (nSPS) is 13.2. The number of para-hydroxylation sites is 1. The van der Waals surface area contributed by atoms with E-state index in [9.17, 15) is 0 Å². The molecule has 1 aliphatic carbocycles. The van der Waals surface area contributed by atoms with Gasteiger partial charge in [-0.1, -0.05) is 97.1 Å². The van der Waals surface area contributed by atoms with Crippen LogP contribution in [0.2, 0.25) is 0 Å². The number of ether oxygens (including phenoxy) is 1. The summed E-state index contributed by atoms with van der Waals surface area (Å²) in [4.78, 5) is 0.